The Labute approximate surface area is 185 Å². The predicted octanol–water partition coefficient (Wildman–Crippen LogP) is 1.58. The van der Waals surface area contributed by atoms with Gasteiger partial charge in [-0.1, -0.05) is 23.4 Å². The number of aliphatic imine (C=N–C) groups is 1. The van der Waals surface area contributed by atoms with Crippen LogP contribution >= 0.6 is 0 Å². The van der Waals surface area contributed by atoms with Gasteiger partial charge in [-0.3, -0.25) is 14.8 Å². The molecular formula is C23H35N7O. The van der Waals surface area contributed by atoms with E-state index in [1.165, 1.54) is 5.69 Å². The molecule has 0 bridgehead atoms. The molecule has 3 heterocycles. The summed E-state index contributed by atoms with van der Waals surface area (Å²) in [4.78, 5) is 14.4. The van der Waals surface area contributed by atoms with Crippen molar-refractivity contribution in [1.29, 1.82) is 0 Å². The van der Waals surface area contributed by atoms with Crippen molar-refractivity contribution in [3.63, 3.8) is 0 Å². The Morgan fingerprint density at radius 2 is 1.77 bits per heavy atom. The number of piperazine rings is 2. The van der Waals surface area contributed by atoms with E-state index in [1.54, 1.807) is 6.26 Å². The van der Waals surface area contributed by atoms with Gasteiger partial charge < -0.3 is 19.6 Å². The van der Waals surface area contributed by atoms with E-state index in [1.807, 2.05) is 13.1 Å². The number of anilines is 1. The van der Waals surface area contributed by atoms with E-state index < -0.39 is 0 Å². The molecule has 2 fully saturated rings. The lowest BCUT2D eigenvalue weighted by atomic mass is 10.2. The second kappa shape index (κ2) is 10.6. The lowest BCUT2D eigenvalue weighted by molar-refractivity contribution is 0.166. The van der Waals surface area contributed by atoms with Crippen molar-refractivity contribution in [1.82, 2.24) is 25.2 Å². The summed E-state index contributed by atoms with van der Waals surface area (Å²) in [6.07, 6.45) is 1.64. The summed E-state index contributed by atoms with van der Waals surface area (Å²) in [5.41, 5.74) is 2.33. The molecule has 1 N–H and O–H groups in total. The van der Waals surface area contributed by atoms with Gasteiger partial charge in [-0.2, -0.15) is 0 Å². The highest BCUT2D eigenvalue weighted by Gasteiger charge is 2.23. The number of nitrogens with zero attached hydrogens (tertiary/aromatic N) is 6. The number of nitrogens with one attached hydrogen (secondary N) is 1. The minimum absolute atomic E-state index is 0.475. The Balaban J connectivity index is 1.18. The SMILES string of the molecule is CN=C(NCC(C)N1CCN(c2ccccc2)CC1)N1CCN(Cc2ccon2)CC1. The Bertz CT molecular complexity index is 795. The van der Waals surface area contributed by atoms with Crippen LogP contribution in [0, 0.1) is 0 Å². The van der Waals surface area contributed by atoms with Gasteiger partial charge in [0.25, 0.3) is 0 Å². The highest BCUT2D eigenvalue weighted by Crippen LogP contribution is 2.16. The van der Waals surface area contributed by atoms with Crippen molar-refractivity contribution < 1.29 is 4.52 Å². The fourth-order valence-electron chi connectivity index (χ4n) is 4.43. The first-order valence-electron chi connectivity index (χ1n) is 11.3. The third kappa shape index (κ3) is 5.77. The molecule has 168 valence electrons. The zero-order valence-electron chi connectivity index (χ0n) is 18.8. The first kappa shape index (κ1) is 21.6. The van der Waals surface area contributed by atoms with Crippen LogP contribution in [0.1, 0.15) is 12.6 Å². The smallest absolute Gasteiger partial charge is 0.193 e. The quantitative estimate of drug-likeness (QED) is 0.557. The summed E-state index contributed by atoms with van der Waals surface area (Å²) >= 11 is 0. The van der Waals surface area contributed by atoms with Crippen molar-refractivity contribution in [2.45, 2.75) is 19.5 Å². The summed E-state index contributed by atoms with van der Waals surface area (Å²) in [6, 6.07) is 13.1. The maximum absolute atomic E-state index is 4.94. The molecule has 1 atom stereocenters. The van der Waals surface area contributed by atoms with Gasteiger partial charge in [0, 0.05) is 90.3 Å². The molecule has 8 nitrogen and oxygen atoms in total. The Hall–Kier alpha value is -2.58. The molecule has 2 aliphatic rings. The van der Waals surface area contributed by atoms with E-state index in [2.05, 4.69) is 72.3 Å². The van der Waals surface area contributed by atoms with Crippen LogP contribution in [0.5, 0.6) is 0 Å². The zero-order chi connectivity index (χ0) is 21.5. The van der Waals surface area contributed by atoms with Gasteiger partial charge in [-0.05, 0) is 19.1 Å². The molecule has 0 radical (unpaired) electrons. The van der Waals surface area contributed by atoms with Crippen LogP contribution in [0.2, 0.25) is 0 Å². The zero-order valence-corrected chi connectivity index (χ0v) is 18.8. The highest BCUT2D eigenvalue weighted by atomic mass is 16.5. The normalized spacial score (nSPS) is 20.1. The molecular weight excluding hydrogens is 390 g/mol. The second-order valence-corrected chi connectivity index (χ2v) is 8.39. The number of hydrogen-bond donors (Lipinski definition) is 1. The first-order valence-corrected chi connectivity index (χ1v) is 11.3. The molecule has 0 spiro atoms. The molecule has 1 unspecified atom stereocenters. The second-order valence-electron chi connectivity index (χ2n) is 8.39. The van der Waals surface area contributed by atoms with Gasteiger partial charge >= 0.3 is 0 Å². The van der Waals surface area contributed by atoms with Gasteiger partial charge in [0.15, 0.2) is 5.96 Å². The average molecular weight is 426 g/mol. The molecule has 0 amide bonds. The monoisotopic (exact) mass is 425 g/mol. The highest BCUT2D eigenvalue weighted by molar-refractivity contribution is 5.80. The summed E-state index contributed by atoms with van der Waals surface area (Å²) in [5.74, 6) is 1.01. The summed E-state index contributed by atoms with van der Waals surface area (Å²) < 4.78 is 4.94. The van der Waals surface area contributed by atoms with Crippen LogP contribution in [0.25, 0.3) is 0 Å². The van der Waals surface area contributed by atoms with Gasteiger partial charge in [0.2, 0.25) is 0 Å². The minimum atomic E-state index is 0.475. The topological polar surface area (TPSA) is 63.4 Å². The molecule has 8 heteroatoms. The van der Waals surface area contributed by atoms with E-state index >= 15 is 0 Å². The largest absolute Gasteiger partial charge is 0.369 e. The first-order chi connectivity index (χ1) is 15.2. The average Bonchev–Trinajstić information content (AvgIpc) is 3.34. The van der Waals surface area contributed by atoms with Crippen molar-refractivity contribution in [3.05, 3.63) is 48.4 Å². The Morgan fingerprint density at radius 1 is 1.03 bits per heavy atom. The van der Waals surface area contributed by atoms with Gasteiger partial charge in [0.05, 0.1) is 5.69 Å². The van der Waals surface area contributed by atoms with Crippen molar-refractivity contribution in [2.24, 2.45) is 4.99 Å². The molecule has 4 rings (SSSR count). The molecule has 1 aromatic carbocycles. The van der Waals surface area contributed by atoms with Crippen LogP contribution in [0.3, 0.4) is 0 Å². The van der Waals surface area contributed by atoms with Crippen LogP contribution in [-0.2, 0) is 6.54 Å². The van der Waals surface area contributed by atoms with Crippen molar-refractivity contribution in [2.75, 3.05) is 70.9 Å². The molecule has 31 heavy (non-hydrogen) atoms. The van der Waals surface area contributed by atoms with Gasteiger partial charge in [0.1, 0.15) is 6.26 Å². The number of aromatic nitrogens is 1. The van der Waals surface area contributed by atoms with Crippen LogP contribution in [-0.4, -0.2) is 97.8 Å². The number of hydrogen-bond acceptors (Lipinski definition) is 6. The molecule has 2 saturated heterocycles. The lowest BCUT2D eigenvalue weighted by Crippen LogP contribution is -2.55. The molecule has 2 aromatic rings. The van der Waals surface area contributed by atoms with Crippen LogP contribution in [0.15, 0.2) is 52.2 Å². The molecule has 2 aliphatic heterocycles. The maximum atomic E-state index is 4.94. The third-order valence-corrected chi connectivity index (χ3v) is 6.38. The standard InChI is InChI=1S/C23H35N7O/c1-20(28-13-15-29(16-14-28)22-6-4-3-5-7-22)18-25-23(24-2)30-11-9-27(10-12-30)19-21-8-17-31-26-21/h3-8,17,20H,9-16,18-19H2,1-2H3,(H,24,25). The fraction of sp³-hybridized carbons (Fsp3) is 0.565. The summed E-state index contributed by atoms with van der Waals surface area (Å²) in [6.45, 7) is 12.4. The fourth-order valence-corrected chi connectivity index (χ4v) is 4.43. The maximum Gasteiger partial charge on any atom is 0.193 e. The van der Waals surface area contributed by atoms with Gasteiger partial charge in [-0.15, -0.1) is 0 Å². The van der Waals surface area contributed by atoms with Crippen LogP contribution < -0.4 is 10.2 Å². The van der Waals surface area contributed by atoms with Crippen molar-refractivity contribution >= 4 is 11.6 Å². The van der Waals surface area contributed by atoms with Crippen LogP contribution in [0.4, 0.5) is 5.69 Å². The third-order valence-electron chi connectivity index (χ3n) is 6.38. The molecule has 0 saturated carbocycles. The number of guanidine groups is 1. The number of benzene rings is 1. The molecule has 1 aromatic heterocycles. The Kier molecular flexibility index (Phi) is 7.43. The van der Waals surface area contributed by atoms with Gasteiger partial charge in [-0.25, -0.2) is 0 Å². The predicted molar refractivity (Wildman–Crippen MR) is 124 cm³/mol. The number of para-hydroxylation sites is 1. The minimum Gasteiger partial charge on any atom is -0.369 e. The number of rotatable bonds is 6. The van der Waals surface area contributed by atoms with E-state index in [-0.39, 0.29) is 0 Å². The molecule has 0 aliphatic carbocycles. The van der Waals surface area contributed by atoms with E-state index in [4.69, 9.17) is 4.52 Å². The lowest BCUT2D eigenvalue weighted by Gasteiger charge is -2.40. The Morgan fingerprint density at radius 3 is 2.42 bits per heavy atom. The summed E-state index contributed by atoms with van der Waals surface area (Å²) in [7, 11) is 1.88. The van der Waals surface area contributed by atoms with E-state index in [0.29, 0.717) is 6.04 Å². The van der Waals surface area contributed by atoms with E-state index in [0.717, 1.165) is 77.1 Å². The summed E-state index contributed by atoms with van der Waals surface area (Å²) in [5, 5.41) is 7.64. The van der Waals surface area contributed by atoms with Crippen molar-refractivity contribution in [3.8, 4) is 0 Å². The van der Waals surface area contributed by atoms with E-state index in [9.17, 15) is 0 Å².